The van der Waals surface area contributed by atoms with E-state index in [1.54, 1.807) is 0 Å². The molecule has 2 N–H and O–H groups in total. The van der Waals surface area contributed by atoms with E-state index >= 15 is 0 Å². The Hall–Kier alpha value is -4.36. The predicted octanol–water partition coefficient (Wildman–Crippen LogP) is 13.5. The summed E-state index contributed by atoms with van der Waals surface area (Å²) in [4.78, 5) is 56.8. The smallest absolute Gasteiger partial charge is 0.348 e. The summed E-state index contributed by atoms with van der Waals surface area (Å²) in [7, 11) is 0. The van der Waals surface area contributed by atoms with Crippen LogP contribution in [-0.4, -0.2) is 58.3 Å². The number of amides is 2. The fourth-order valence-corrected chi connectivity index (χ4v) is 10.6. The number of hydrogen-bond donors (Lipinski definition) is 2. The summed E-state index contributed by atoms with van der Waals surface area (Å²) in [6.45, 7) is 11.7. The molecular weight excluding hydrogens is 881 g/mol. The number of aliphatic hydroxyl groups excluding tert-OH is 2. The molecule has 2 aromatic heterocycles. The van der Waals surface area contributed by atoms with E-state index in [-0.39, 0.29) is 55.5 Å². The summed E-state index contributed by atoms with van der Waals surface area (Å²) in [6.07, 6.45) is 15.5. The zero-order valence-electron chi connectivity index (χ0n) is 40.2. The molecule has 0 saturated carbocycles. The number of aryl methyl sites for hydroxylation is 2. The first-order chi connectivity index (χ1) is 31.8. The van der Waals surface area contributed by atoms with Crippen LogP contribution >= 0.6 is 22.7 Å². The van der Waals surface area contributed by atoms with Crippen molar-refractivity contribution >= 4 is 57.8 Å². The first kappa shape index (κ1) is 55.2. The summed E-state index contributed by atoms with van der Waals surface area (Å²) in [5.74, 6) is -0.169. The highest BCUT2D eigenvalue weighted by Crippen LogP contribution is 2.34. The maximum Gasteiger partial charge on any atom is 0.348 e. The molecular formula is C55H78N2O8S2. The molecule has 12 heteroatoms. The van der Waals surface area contributed by atoms with Gasteiger partial charge in [0, 0.05) is 46.1 Å². The molecule has 0 radical (unpaired) electrons. The van der Waals surface area contributed by atoms with E-state index in [9.17, 15) is 29.4 Å². The molecule has 0 spiro atoms. The third kappa shape index (κ3) is 17.0. The number of carbonyl (C=O) groups is 4. The molecule has 4 atom stereocenters. The Bertz CT molecular complexity index is 1960. The van der Waals surface area contributed by atoms with E-state index in [1.165, 1.54) is 32.4 Å². The first-order valence-corrected chi connectivity index (χ1v) is 26.2. The number of ether oxygens (including phenoxy) is 2. The Morgan fingerprint density at radius 2 is 0.955 bits per heavy atom. The lowest BCUT2D eigenvalue weighted by atomic mass is 10.0. The molecule has 4 heterocycles. The lowest BCUT2D eigenvalue weighted by Gasteiger charge is -2.25. The summed E-state index contributed by atoms with van der Waals surface area (Å²) in [5, 5.41) is 20.8. The highest BCUT2D eigenvalue weighted by atomic mass is 32.1. The van der Waals surface area contributed by atoms with Crippen molar-refractivity contribution in [2.24, 2.45) is 0 Å². The molecule has 0 unspecified atom stereocenters. The van der Waals surface area contributed by atoms with Gasteiger partial charge in [-0.15, -0.1) is 22.7 Å². The van der Waals surface area contributed by atoms with Crippen LogP contribution in [0.3, 0.4) is 0 Å². The average molecular weight is 959 g/mol. The van der Waals surface area contributed by atoms with Gasteiger partial charge in [-0.25, -0.2) is 9.59 Å². The number of esters is 2. The van der Waals surface area contributed by atoms with Gasteiger partial charge in [0.05, 0.1) is 24.4 Å². The molecule has 2 aliphatic heterocycles. The quantitative estimate of drug-likeness (QED) is 0.0524. The first-order valence-electron chi connectivity index (χ1n) is 24.6. The summed E-state index contributed by atoms with van der Waals surface area (Å²) in [5.41, 5.74) is 3.67. The molecule has 67 heavy (non-hydrogen) atoms. The number of unbranched alkanes of at least 4 members (excludes halogenated alkanes) is 4. The van der Waals surface area contributed by atoms with Crippen molar-refractivity contribution < 1.29 is 38.9 Å². The highest BCUT2D eigenvalue weighted by Gasteiger charge is 2.33. The van der Waals surface area contributed by atoms with E-state index in [1.807, 2.05) is 110 Å². The van der Waals surface area contributed by atoms with E-state index in [4.69, 9.17) is 9.47 Å². The van der Waals surface area contributed by atoms with Crippen molar-refractivity contribution in [1.29, 1.82) is 0 Å². The highest BCUT2D eigenvalue weighted by molar-refractivity contribution is 7.14. The minimum absolute atomic E-state index is 0. The van der Waals surface area contributed by atoms with Crippen LogP contribution in [0.4, 0.5) is 11.4 Å². The minimum atomic E-state index is -0.441. The van der Waals surface area contributed by atoms with Gasteiger partial charge in [0.15, 0.2) is 0 Å². The van der Waals surface area contributed by atoms with Crippen molar-refractivity contribution in [2.45, 2.75) is 201 Å². The van der Waals surface area contributed by atoms with E-state index in [2.05, 4.69) is 13.8 Å². The molecule has 2 aliphatic rings. The van der Waals surface area contributed by atoms with Crippen LogP contribution in [0.1, 0.15) is 204 Å². The van der Waals surface area contributed by atoms with Crippen molar-refractivity contribution in [2.75, 3.05) is 9.80 Å². The largest absolute Gasteiger partial charge is 0.459 e. The predicted molar refractivity (Wildman–Crippen MR) is 274 cm³/mol. The number of nitrogens with zero attached hydrogens (tertiary/aromatic N) is 2. The van der Waals surface area contributed by atoms with E-state index in [0.29, 0.717) is 22.6 Å². The third-order valence-electron chi connectivity index (χ3n) is 12.3. The van der Waals surface area contributed by atoms with Gasteiger partial charge >= 0.3 is 11.9 Å². The minimum Gasteiger partial charge on any atom is -0.459 e. The van der Waals surface area contributed by atoms with Crippen molar-refractivity contribution in [3.05, 3.63) is 103 Å². The standard InChI is InChI=1S/2C27H37NO4S.CH4/c2*1-4-5-6-10-24(29)20-11-13-22(14-12-20)28-21(15-18-26(28)30)8-7-9-23-16-17-25(33-23)27(31)32-19(2)3;/h2*11-14,16-17,19,21,24,29H,4-10,15,18H2,1-3H3;1H4/t21-,24+;21-,24-;/m00./s1. The number of aliphatic hydroxyl groups is 2. The second-order valence-electron chi connectivity index (χ2n) is 18.3. The molecule has 2 saturated heterocycles. The van der Waals surface area contributed by atoms with Crippen LogP contribution in [0.5, 0.6) is 0 Å². The number of hydrogen-bond acceptors (Lipinski definition) is 10. The van der Waals surface area contributed by atoms with Gasteiger partial charge < -0.3 is 29.5 Å². The van der Waals surface area contributed by atoms with Gasteiger partial charge in [-0.1, -0.05) is 84.1 Å². The van der Waals surface area contributed by atoms with Crippen LogP contribution in [0.25, 0.3) is 0 Å². The van der Waals surface area contributed by atoms with Crippen LogP contribution in [0, 0.1) is 0 Å². The summed E-state index contributed by atoms with van der Waals surface area (Å²) in [6, 6.07) is 23.8. The molecule has 368 valence electrons. The van der Waals surface area contributed by atoms with Crippen molar-refractivity contribution in [3.63, 3.8) is 0 Å². The Balaban J connectivity index is 0.000000288. The number of rotatable bonds is 24. The van der Waals surface area contributed by atoms with E-state index < -0.39 is 12.2 Å². The number of thiophene rings is 2. The van der Waals surface area contributed by atoms with Gasteiger partial charge in [-0.3, -0.25) is 9.59 Å². The normalized spacial score (nSPS) is 16.8. The zero-order chi connectivity index (χ0) is 47.6. The monoisotopic (exact) mass is 959 g/mol. The molecule has 2 amide bonds. The van der Waals surface area contributed by atoms with Crippen molar-refractivity contribution in [3.8, 4) is 0 Å². The number of carbonyl (C=O) groups excluding carboxylic acids is 4. The topological polar surface area (TPSA) is 134 Å². The fraction of sp³-hybridized carbons (Fsp3) is 0.564. The summed E-state index contributed by atoms with van der Waals surface area (Å²) >= 11 is 2.99. The van der Waals surface area contributed by atoms with Crippen LogP contribution in [-0.2, 0) is 31.9 Å². The average Bonchev–Trinajstić information content (AvgIpc) is 4.12. The van der Waals surface area contributed by atoms with Crippen LogP contribution in [0.15, 0.2) is 72.8 Å². The second kappa shape index (κ2) is 28.2. The van der Waals surface area contributed by atoms with Gasteiger partial charge in [0.1, 0.15) is 9.75 Å². The third-order valence-corrected chi connectivity index (χ3v) is 14.5. The Kier molecular flexibility index (Phi) is 23.3. The molecule has 6 rings (SSSR count). The second-order valence-corrected chi connectivity index (χ2v) is 20.7. The Morgan fingerprint density at radius 3 is 1.30 bits per heavy atom. The van der Waals surface area contributed by atoms with Gasteiger partial charge in [-0.2, -0.15) is 0 Å². The maximum absolute atomic E-state index is 12.6. The van der Waals surface area contributed by atoms with Crippen molar-refractivity contribution in [1.82, 2.24) is 0 Å². The lowest BCUT2D eigenvalue weighted by Crippen LogP contribution is -2.32. The lowest BCUT2D eigenvalue weighted by molar-refractivity contribution is -0.118. The Labute approximate surface area is 409 Å². The van der Waals surface area contributed by atoms with Crippen LogP contribution < -0.4 is 9.80 Å². The fourth-order valence-electron chi connectivity index (χ4n) is 8.78. The maximum atomic E-state index is 12.6. The van der Waals surface area contributed by atoms with Crippen LogP contribution in [0.2, 0.25) is 0 Å². The van der Waals surface area contributed by atoms with Gasteiger partial charge in [0.25, 0.3) is 0 Å². The number of benzene rings is 2. The SMILES string of the molecule is C.CCCCC[C@@H](O)c1ccc(N2C(=O)CC[C@@H]2CCCc2ccc(C(=O)OC(C)C)s2)cc1.CCCCC[C@H](O)c1ccc(N2C(=O)CC[C@@H]2CCCc2ccc(C(=O)OC(C)C)s2)cc1. The molecule has 0 aliphatic carbocycles. The molecule has 2 aromatic carbocycles. The molecule has 10 nitrogen and oxygen atoms in total. The number of anilines is 2. The van der Waals surface area contributed by atoms with Gasteiger partial charge in [0.2, 0.25) is 11.8 Å². The molecule has 4 aromatic rings. The zero-order valence-corrected chi connectivity index (χ0v) is 41.8. The Morgan fingerprint density at radius 1 is 0.582 bits per heavy atom. The molecule has 0 bridgehead atoms. The molecule has 2 fully saturated rings. The van der Waals surface area contributed by atoms with Gasteiger partial charge in [-0.05, 0) is 152 Å². The van der Waals surface area contributed by atoms with E-state index in [0.717, 1.165) is 125 Å². The summed E-state index contributed by atoms with van der Waals surface area (Å²) < 4.78 is 10.5.